The van der Waals surface area contributed by atoms with Gasteiger partial charge in [0.05, 0.1) is 25.9 Å². The second-order valence-corrected chi connectivity index (χ2v) is 16.4. The summed E-state index contributed by atoms with van der Waals surface area (Å²) in [5, 5.41) is 2.74. The molecule has 10 nitrogen and oxygen atoms in total. The average molecular weight is 766 g/mol. The number of esters is 1. The van der Waals surface area contributed by atoms with E-state index in [1.807, 2.05) is 115 Å². The normalized spacial score (nSPS) is 23.0. The minimum absolute atomic E-state index is 0.192. The quantitative estimate of drug-likeness (QED) is 0.135. The number of ether oxygens (including phenoxy) is 7. The molecule has 56 heavy (non-hydrogen) atoms. The first-order chi connectivity index (χ1) is 26.8. The zero-order chi connectivity index (χ0) is 39.7. The first kappa shape index (κ1) is 41.1. The van der Waals surface area contributed by atoms with Crippen molar-refractivity contribution in [3.63, 3.8) is 0 Å². The number of hydrogen-bond donors (Lipinski definition) is 1. The molecule has 0 bridgehead atoms. The number of alkyl carbamates (subject to hydrolysis) is 1. The van der Waals surface area contributed by atoms with Crippen molar-refractivity contribution in [3.05, 3.63) is 143 Å². The summed E-state index contributed by atoms with van der Waals surface area (Å²) in [6.45, 7) is 11.7. The van der Waals surface area contributed by atoms with Crippen molar-refractivity contribution in [2.45, 2.75) is 122 Å². The van der Waals surface area contributed by atoms with Crippen molar-refractivity contribution in [2.24, 2.45) is 0 Å². The number of benzene rings is 4. The Labute approximate surface area is 330 Å². The molecule has 10 heteroatoms. The summed E-state index contributed by atoms with van der Waals surface area (Å²) >= 11 is 0. The van der Waals surface area contributed by atoms with Crippen LogP contribution in [0.3, 0.4) is 0 Å². The second kappa shape index (κ2) is 18.6. The van der Waals surface area contributed by atoms with E-state index in [4.69, 9.17) is 33.2 Å². The lowest BCUT2D eigenvalue weighted by molar-refractivity contribution is -0.339. The fourth-order valence-electron chi connectivity index (χ4n) is 6.89. The van der Waals surface area contributed by atoms with Crippen LogP contribution in [0.5, 0.6) is 0 Å². The highest BCUT2D eigenvalue weighted by molar-refractivity contribution is 5.82. The molecule has 7 atom stereocenters. The van der Waals surface area contributed by atoms with E-state index in [1.165, 1.54) is 0 Å². The Morgan fingerprint density at radius 1 is 0.679 bits per heavy atom. The summed E-state index contributed by atoms with van der Waals surface area (Å²) in [5.74, 6) is -0.547. The standard InChI is InChI=1S/C46H55NO9/c1-45(2,3)55-42(48)36(47-44(49)56-46(4,5)6)26-33-21-16-22-34(25-33)27-37-39(50-28-31-17-10-7-11-18-31)41(51-29-32-19-12-8-13-20-32)40-38(53-37)30-52-43(54-40)35-23-14-9-15-24-35/h7-25,36-41,43H,26-30H2,1-6H3,(H,47,49)/t36-,37-,38+,39-,40+,41+,43+/m0/s1. The molecule has 2 fully saturated rings. The van der Waals surface area contributed by atoms with E-state index < -0.39 is 66.1 Å². The van der Waals surface area contributed by atoms with Gasteiger partial charge in [0.25, 0.3) is 0 Å². The summed E-state index contributed by atoms with van der Waals surface area (Å²) < 4.78 is 44.6. The first-order valence-electron chi connectivity index (χ1n) is 19.4. The first-order valence-corrected chi connectivity index (χ1v) is 19.4. The lowest BCUT2D eigenvalue weighted by Crippen LogP contribution is -2.63. The molecular weight excluding hydrogens is 711 g/mol. The lowest BCUT2D eigenvalue weighted by Gasteiger charge is -2.49. The summed E-state index contributed by atoms with van der Waals surface area (Å²) in [4.78, 5) is 26.2. The summed E-state index contributed by atoms with van der Waals surface area (Å²) in [6.07, 6.45) is -2.99. The van der Waals surface area contributed by atoms with Crippen LogP contribution in [0, 0.1) is 0 Å². The smallest absolute Gasteiger partial charge is 0.408 e. The van der Waals surface area contributed by atoms with Crippen LogP contribution in [-0.2, 0) is 64.0 Å². The number of fused-ring (bicyclic) bond motifs is 1. The van der Waals surface area contributed by atoms with Crippen LogP contribution in [0.2, 0.25) is 0 Å². The van der Waals surface area contributed by atoms with E-state index in [0.717, 1.165) is 27.8 Å². The minimum Gasteiger partial charge on any atom is -0.458 e. The summed E-state index contributed by atoms with van der Waals surface area (Å²) in [6, 6.07) is 36.9. The van der Waals surface area contributed by atoms with Crippen molar-refractivity contribution >= 4 is 12.1 Å². The van der Waals surface area contributed by atoms with E-state index in [0.29, 0.717) is 26.2 Å². The Morgan fingerprint density at radius 2 is 1.23 bits per heavy atom. The molecule has 0 unspecified atom stereocenters. The average Bonchev–Trinajstić information content (AvgIpc) is 3.16. The van der Waals surface area contributed by atoms with Gasteiger partial charge < -0.3 is 38.5 Å². The minimum atomic E-state index is -0.974. The monoisotopic (exact) mass is 765 g/mol. The third kappa shape index (κ3) is 12.0. The number of amides is 1. The van der Waals surface area contributed by atoms with Gasteiger partial charge in [0, 0.05) is 18.4 Å². The number of carbonyl (C=O) groups excluding carboxylic acids is 2. The van der Waals surface area contributed by atoms with Crippen LogP contribution in [0.25, 0.3) is 0 Å². The summed E-state index contributed by atoms with van der Waals surface area (Å²) in [7, 11) is 0. The molecule has 1 N–H and O–H groups in total. The van der Waals surface area contributed by atoms with Gasteiger partial charge in [0.1, 0.15) is 41.7 Å². The number of rotatable bonds is 13. The second-order valence-electron chi connectivity index (χ2n) is 16.4. The van der Waals surface area contributed by atoms with Crippen LogP contribution in [0.15, 0.2) is 115 Å². The zero-order valence-electron chi connectivity index (χ0n) is 33.2. The van der Waals surface area contributed by atoms with E-state index in [-0.39, 0.29) is 6.42 Å². The highest BCUT2D eigenvalue weighted by Crippen LogP contribution is 2.38. The number of nitrogens with one attached hydrogen (secondary N) is 1. The maximum absolute atomic E-state index is 13.4. The number of hydrogen-bond acceptors (Lipinski definition) is 9. The Kier molecular flexibility index (Phi) is 13.6. The van der Waals surface area contributed by atoms with Crippen molar-refractivity contribution in [1.82, 2.24) is 5.32 Å². The molecular formula is C46H55NO9. The predicted molar refractivity (Wildman–Crippen MR) is 212 cm³/mol. The van der Waals surface area contributed by atoms with Crippen LogP contribution < -0.4 is 5.32 Å². The predicted octanol–water partition coefficient (Wildman–Crippen LogP) is 8.06. The molecule has 6 rings (SSSR count). The van der Waals surface area contributed by atoms with Gasteiger partial charge in [-0.1, -0.05) is 115 Å². The van der Waals surface area contributed by atoms with Gasteiger partial charge in [-0.2, -0.15) is 0 Å². The fourth-order valence-corrected chi connectivity index (χ4v) is 6.89. The maximum Gasteiger partial charge on any atom is 0.408 e. The van der Waals surface area contributed by atoms with E-state index in [1.54, 1.807) is 41.5 Å². The van der Waals surface area contributed by atoms with Gasteiger partial charge >= 0.3 is 12.1 Å². The third-order valence-electron chi connectivity index (χ3n) is 9.32. The third-order valence-corrected chi connectivity index (χ3v) is 9.32. The van der Waals surface area contributed by atoms with Crippen molar-refractivity contribution in [3.8, 4) is 0 Å². The molecule has 0 aliphatic carbocycles. The molecule has 0 radical (unpaired) electrons. The molecule has 0 spiro atoms. The van der Waals surface area contributed by atoms with Crippen molar-refractivity contribution < 1.29 is 42.7 Å². The van der Waals surface area contributed by atoms with E-state index in [2.05, 4.69) is 5.32 Å². The molecule has 0 saturated carbocycles. The Morgan fingerprint density at radius 3 is 1.84 bits per heavy atom. The highest BCUT2D eigenvalue weighted by atomic mass is 16.7. The molecule has 2 saturated heterocycles. The maximum atomic E-state index is 13.4. The molecule has 2 heterocycles. The SMILES string of the molecule is CC(C)(C)OC(=O)N[C@@H](Cc1cccc(C[C@@H]2O[C@@H]3CO[C@@H](c4ccccc4)O[C@H]3[C@H](OCc3ccccc3)[C@H]2OCc2ccccc2)c1)C(=O)OC(C)(C)C. The van der Waals surface area contributed by atoms with Gasteiger partial charge in [0.2, 0.25) is 0 Å². The summed E-state index contributed by atoms with van der Waals surface area (Å²) in [5.41, 5.74) is 3.29. The van der Waals surface area contributed by atoms with Crippen molar-refractivity contribution in [2.75, 3.05) is 6.61 Å². The molecule has 2 aliphatic heterocycles. The zero-order valence-corrected chi connectivity index (χ0v) is 33.2. The molecule has 0 aromatic heterocycles. The topological polar surface area (TPSA) is 111 Å². The Balaban J connectivity index is 1.27. The largest absolute Gasteiger partial charge is 0.458 e. The van der Waals surface area contributed by atoms with Crippen LogP contribution in [0.4, 0.5) is 4.79 Å². The highest BCUT2D eigenvalue weighted by Gasteiger charge is 2.51. The van der Waals surface area contributed by atoms with Crippen LogP contribution in [0.1, 0.15) is 75.6 Å². The fraction of sp³-hybridized carbons (Fsp3) is 0.435. The molecule has 1 amide bonds. The van der Waals surface area contributed by atoms with E-state index in [9.17, 15) is 9.59 Å². The van der Waals surface area contributed by atoms with Gasteiger partial charge in [-0.15, -0.1) is 0 Å². The molecule has 2 aliphatic rings. The van der Waals surface area contributed by atoms with E-state index >= 15 is 0 Å². The Hall–Kier alpha value is -4.58. The van der Waals surface area contributed by atoms with Gasteiger partial charge in [-0.05, 0) is 63.8 Å². The van der Waals surface area contributed by atoms with Crippen LogP contribution in [-0.4, -0.2) is 66.4 Å². The van der Waals surface area contributed by atoms with Crippen molar-refractivity contribution in [1.29, 1.82) is 0 Å². The molecule has 298 valence electrons. The lowest BCUT2D eigenvalue weighted by atomic mass is 9.89. The number of carbonyl (C=O) groups is 2. The molecule has 4 aromatic rings. The van der Waals surface area contributed by atoms with Gasteiger partial charge in [0.15, 0.2) is 6.29 Å². The Bertz CT molecular complexity index is 1840. The molecule has 4 aromatic carbocycles. The van der Waals surface area contributed by atoms with Crippen LogP contribution >= 0.6 is 0 Å². The van der Waals surface area contributed by atoms with Gasteiger partial charge in [-0.3, -0.25) is 0 Å². The van der Waals surface area contributed by atoms with Gasteiger partial charge in [-0.25, -0.2) is 9.59 Å².